The van der Waals surface area contributed by atoms with Crippen LogP contribution >= 0.6 is 0 Å². The summed E-state index contributed by atoms with van der Waals surface area (Å²) in [7, 11) is 0. The van der Waals surface area contributed by atoms with Crippen molar-refractivity contribution in [1.29, 1.82) is 0 Å². The lowest BCUT2D eigenvalue weighted by atomic mass is 10.1. The average Bonchev–Trinajstić information content (AvgIpc) is 3.33. The largest absolute Gasteiger partial charge is 0.372 e. The first kappa shape index (κ1) is 23.2. The molecule has 34 heavy (non-hydrogen) atoms. The van der Waals surface area contributed by atoms with Gasteiger partial charge in [0.1, 0.15) is 5.82 Å². The summed E-state index contributed by atoms with van der Waals surface area (Å²) in [6.07, 6.45) is 1.65. The Morgan fingerprint density at radius 1 is 0.853 bits per heavy atom. The van der Waals surface area contributed by atoms with E-state index in [4.69, 9.17) is 0 Å². The number of rotatable bonds is 9. The monoisotopic (exact) mass is 457 g/mol. The Balaban J connectivity index is 1.58. The van der Waals surface area contributed by atoms with Crippen molar-refractivity contribution >= 4 is 17.3 Å². The number of hydrogen-bond acceptors (Lipinski definition) is 4. The fraction of sp³-hybridized carbons (Fsp3) is 0.222. The third-order valence-corrected chi connectivity index (χ3v) is 5.73. The molecule has 1 aromatic heterocycles. The second-order valence-electron chi connectivity index (χ2n) is 7.99. The normalized spacial score (nSPS) is 10.8. The van der Waals surface area contributed by atoms with E-state index >= 15 is 0 Å². The highest BCUT2D eigenvalue weighted by atomic mass is 19.1. The maximum atomic E-state index is 13.6. The molecule has 1 amide bonds. The zero-order valence-electron chi connectivity index (χ0n) is 19.4. The molecule has 7 heteroatoms. The number of carbonyl (C=O) groups excluding carboxylic acids is 1. The lowest BCUT2D eigenvalue weighted by molar-refractivity contribution is 0.0980. The maximum Gasteiger partial charge on any atom is 0.280 e. The van der Waals surface area contributed by atoms with E-state index in [0.29, 0.717) is 18.8 Å². The van der Waals surface area contributed by atoms with Crippen LogP contribution in [0.2, 0.25) is 0 Å². The van der Waals surface area contributed by atoms with E-state index in [0.717, 1.165) is 29.9 Å². The topological polar surface area (TPSA) is 54.3 Å². The van der Waals surface area contributed by atoms with E-state index < -0.39 is 0 Å². The lowest BCUT2D eigenvalue weighted by Crippen LogP contribution is -2.30. The number of nitrogens with zero attached hydrogens (tertiary/aromatic N) is 5. The zero-order valence-corrected chi connectivity index (χ0v) is 19.4. The number of carbonyl (C=O) groups is 1. The third-order valence-electron chi connectivity index (χ3n) is 5.73. The summed E-state index contributed by atoms with van der Waals surface area (Å²) in [6, 6.07) is 23.9. The highest BCUT2D eigenvalue weighted by Gasteiger charge is 2.22. The van der Waals surface area contributed by atoms with Gasteiger partial charge in [0.15, 0.2) is 5.69 Å². The quantitative estimate of drug-likeness (QED) is 0.348. The minimum atomic E-state index is -0.353. The minimum Gasteiger partial charge on any atom is -0.372 e. The van der Waals surface area contributed by atoms with Crippen LogP contribution in [0.1, 0.15) is 35.5 Å². The Morgan fingerprint density at radius 2 is 1.50 bits per heavy atom. The molecular weight excluding hydrogens is 429 g/mol. The molecule has 0 bridgehead atoms. The molecule has 3 aromatic carbocycles. The maximum absolute atomic E-state index is 13.6. The van der Waals surface area contributed by atoms with E-state index in [9.17, 15) is 9.18 Å². The van der Waals surface area contributed by atoms with Crippen LogP contribution in [-0.4, -0.2) is 34.0 Å². The van der Waals surface area contributed by atoms with Crippen LogP contribution in [-0.2, 0) is 13.1 Å². The molecule has 0 aliphatic rings. The second kappa shape index (κ2) is 10.7. The van der Waals surface area contributed by atoms with Crippen LogP contribution in [0.25, 0.3) is 0 Å². The lowest BCUT2D eigenvalue weighted by Gasteiger charge is -2.24. The summed E-state index contributed by atoms with van der Waals surface area (Å²) in [5.74, 6) is -0.646. The third kappa shape index (κ3) is 5.49. The molecule has 0 unspecified atom stereocenters. The van der Waals surface area contributed by atoms with Crippen molar-refractivity contribution in [2.24, 2.45) is 0 Å². The van der Waals surface area contributed by atoms with Crippen molar-refractivity contribution in [2.45, 2.75) is 26.9 Å². The van der Waals surface area contributed by atoms with Gasteiger partial charge in [0, 0.05) is 24.5 Å². The molecule has 0 radical (unpaired) electrons. The van der Waals surface area contributed by atoms with E-state index in [1.165, 1.54) is 12.1 Å². The van der Waals surface area contributed by atoms with Crippen LogP contribution in [0.15, 0.2) is 85.1 Å². The first-order chi connectivity index (χ1) is 16.6. The van der Waals surface area contributed by atoms with Gasteiger partial charge in [-0.1, -0.05) is 47.7 Å². The van der Waals surface area contributed by atoms with Crippen molar-refractivity contribution in [3.63, 3.8) is 0 Å². The number of aromatic nitrogens is 3. The molecule has 0 atom stereocenters. The van der Waals surface area contributed by atoms with Gasteiger partial charge in [0.2, 0.25) is 0 Å². The van der Waals surface area contributed by atoms with E-state index in [1.807, 2.05) is 42.5 Å². The Labute approximate surface area is 199 Å². The Morgan fingerprint density at radius 3 is 2.15 bits per heavy atom. The summed E-state index contributed by atoms with van der Waals surface area (Å²) in [6.45, 7) is 6.94. The SMILES string of the molecule is CCN(CC)c1ccc(CN(C(=O)c2cn(Cc3ccccc3)nn2)c2ccc(F)cc2)cc1. The van der Waals surface area contributed by atoms with Crippen molar-refractivity contribution in [1.82, 2.24) is 15.0 Å². The molecule has 6 nitrogen and oxygen atoms in total. The van der Waals surface area contributed by atoms with E-state index in [-0.39, 0.29) is 17.4 Å². The van der Waals surface area contributed by atoms with Gasteiger partial charge >= 0.3 is 0 Å². The number of benzene rings is 3. The van der Waals surface area contributed by atoms with Crippen molar-refractivity contribution in [3.8, 4) is 0 Å². The van der Waals surface area contributed by atoms with Gasteiger partial charge in [-0.15, -0.1) is 5.10 Å². The summed E-state index contributed by atoms with van der Waals surface area (Å²) in [5.41, 5.74) is 3.99. The minimum absolute atomic E-state index is 0.236. The van der Waals surface area contributed by atoms with Gasteiger partial charge in [0.05, 0.1) is 19.3 Å². The predicted molar refractivity (Wildman–Crippen MR) is 132 cm³/mol. The molecule has 0 N–H and O–H groups in total. The molecular formula is C27H28FN5O. The fourth-order valence-electron chi connectivity index (χ4n) is 3.87. The number of anilines is 2. The van der Waals surface area contributed by atoms with E-state index in [1.54, 1.807) is 27.9 Å². The number of amides is 1. The number of hydrogen-bond donors (Lipinski definition) is 0. The van der Waals surface area contributed by atoms with Crippen molar-refractivity contribution in [2.75, 3.05) is 22.9 Å². The first-order valence-corrected chi connectivity index (χ1v) is 11.4. The Bertz CT molecular complexity index is 1200. The van der Waals surface area contributed by atoms with E-state index in [2.05, 4.69) is 41.2 Å². The van der Waals surface area contributed by atoms with Crippen LogP contribution in [0, 0.1) is 5.82 Å². The molecule has 0 saturated carbocycles. The van der Waals surface area contributed by atoms with Crippen molar-refractivity contribution in [3.05, 3.63) is 108 Å². The van der Waals surface area contributed by atoms with Crippen molar-refractivity contribution < 1.29 is 9.18 Å². The van der Waals surface area contributed by atoms with Crippen LogP contribution in [0.4, 0.5) is 15.8 Å². The molecule has 0 aliphatic heterocycles. The van der Waals surface area contributed by atoms with Gasteiger partial charge in [-0.25, -0.2) is 9.07 Å². The van der Waals surface area contributed by atoms with Gasteiger partial charge in [-0.3, -0.25) is 4.79 Å². The summed E-state index contributed by atoms with van der Waals surface area (Å²) in [5, 5.41) is 8.25. The molecule has 0 spiro atoms. The van der Waals surface area contributed by atoms with Crippen LogP contribution in [0.3, 0.4) is 0 Å². The van der Waals surface area contributed by atoms with Gasteiger partial charge in [-0.2, -0.15) is 0 Å². The Kier molecular flexibility index (Phi) is 7.32. The second-order valence-corrected chi connectivity index (χ2v) is 7.99. The highest BCUT2D eigenvalue weighted by molar-refractivity contribution is 6.04. The van der Waals surface area contributed by atoms with Gasteiger partial charge in [-0.05, 0) is 61.4 Å². The molecule has 0 aliphatic carbocycles. The number of halogens is 1. The fourth-order valence-corrected chi connectivity index (χ4v) is 3.87. The van der Waals surface area contributed by atoms with Gasteiger partial charge < -0.3 is 9.80 Å². The average molecular weight is 458 g/mol. The highest BCUT2D eigenvalue weighted by Crippen LogP contribution is 2.22. The summed E-state index contributed by atoms with van der Waals surface area (Å²) < 4.78 is 15.2. The first-order valence-electron chi connectivity index (χ1n) is 11.4. The zero-order chi connectivity index (χ0) is 23.9. The molecule has 0 fully saturated rings. The standard InChI is InChI=1S/C27H28FN5O/c1-3-31(4-2)24-14-10-22(11-15-24)19-33(25-16-12-23(28)13-17-25)27(34)26-20-32(30-29-26)18-21-8-6-5-7-9-21/h5-17,20H,3-4,18-19H2,1-2H3. The molecule has 4 rings (SSSR count). The molecule has 4 aromatic rings. The van der Waals surface area contributed by atoms with Crippen LogP contribution < -0.4 is 9.80 Å². The Hall–Kier alpha value is -4.00. The molecule has 1 heterocycles. The molecule has 174 valence electrons. The smallest absolute Gasteiger partial charge is 0.280 e. The predicted octanol–water partition coefficient (Wildman–Crippen LogP) is 5.16. The summed E-state index contributed by atoms with van der Waals surface area (Å²) in [4.78, 5) is 17.3. The van der Waals surface area contributed by atoms with Crippen LogP contribution in [0.5, 0.6) is 0 Å². The van der Waals surface area contributed by atoms with Gasteiger partial charge in [0.25, 0.3) is 5.91 Å². The summed E-state index contributed by atoms with van der Waals surface area (Å²) >= 11 is 0. The molecule has 0 saturated heterocycles.